The highest BCUT2D eigenvalue weighted by molar-refractivity contribution is 7.98. The Morgan fingerprint density at radius 2 is 2.06 bits per heavy atom. The Labute approximate surface area is 106 Å². The van der Waals surface area contributed by atoms with Gasteiger partial charge in [-0.15, -0.1) is 0 Å². The summed E-state index contributed by atoms with van der Waals surface area (Å²) >= 11 is 1.93. The van der Waals surface area contributed by atoms with Crippen LogP contribution in [0.15, 0.2) is 0 Å². The van der Waals surface area contributed by atoms with Crippen molar-refractivity contribution in [3.8, 4) is 0 Å². The molecule has 2 nitrogen and oxygen atoms in total. The first kappa shape index (κ1) is 14.3. The van der Waals surface area contributed by atoms with Crippen LogP contribution in [0.5, 0.6) is 0 Å². The van der Waals surface area contributed by atoms with Gasteiger partial charge < -0.3 is 10.2 Å². The zero-order valence-electron chi connectivity index (χ0n) is 11.2. The van der Waals surface area contributed by atoms with Gasteiger partial charge in [0.25, 0.3) is 0 Å². The lowest BCUT2D eigenvalue weighted by Crippen LogP contribution is -2.42. The van der Waals surface area contributed by atoms with Gasteiger partial charge in [-0.25, -0.2) is 0 Å². The van der Waals surface area contributed by atoms with Crippen molar-refractivity contribution in [1.29, 1.82) is 0 Å². The molecule has 96 valence electrons. The summed E-state index contributed by atoms with van der Waals surface area (Å²) in [5.74, 6) is 2.13. The van der Waals surface area contributed by atoms with Crippen molar-refractivity contribution in [2.24, 2.45) is 5.92 Å². The van der Waals surface area contributed by atoms with E-state index in [0.717, 1.165) is 12.5 Å². The van der Waals surface area contributed by atoms with Gasteiger partial charge in [0.2, 0.25) is 0 Å². The van der Waals surface area contributed by atoms with Crippen molar-refractivity contribution < 1.29 is 0 Å². The molecule has 1 fully saturated rings. The van der Waals surface area contributed by atoms with E-state index in [4.69, 9.17) is 0 Å². The van der Waals surface area contributed by atoms with Crippen LogP contribution >= 0.6 is 11.8 Å². The molecule has 0 aromatic heterocycles. The smallest absolute Gasteiger partial charge is 0.00682 e. The van der Waals surface area contributed by atoms with Gasteiger partial charge in [-0.2, -0.15) is 11.8 Å². The highest BCUT2D eigenvalue weighted by Gasteiger charge is 2.22. The molecular formula is C13H28N2S. The SMILES string of the molecule is CCCN1CCC(C(C)NCCSC)CC1. The molecule has 1 saturated heterocycles. The van der Waals surface area contributed by atoms with Crippen molar-refractivity contribution in [1.82, 2.24) is 10.2 Å². The Morgan fingerprint density at radius 3 is 2.62 bits per heavy atom. The van der Waals surface area contributed by atoms with E-state index in [1.165, 1.54) is 44.6 Å². The molecule has 0 spiro atoms. The minimum Gasteiger partial charge on any atom is -0.313 e. The van der Waals surface area contributed by atoms with Gasteiger partial charge >= 0.3 is 0 Å². The van der Waals surface area contributed by atoms with Crippen molar-refractivity contribution in [3.63, 3.8) is 0 Å². The van der Waals surface area contributed by atoms with Crippen LogP contribution in [0, 0.1) is 5.92 Å². The van der Waals surface area contributed by atoms with Crippen LogP contribution in [0.4, 0.5) is 0 Å². The molecule has 0 aliphatic carbocycles. The number of nitrogens with zero attached hydrogens (tertiary/aromatic N) is 1. The van der Waals surface area contributed by atoms with Gasteiger partial charge in [-0.1, -0.05) is 6.92 Å². The fraction of sp³-hybridized carbons (Fsp3) is 1.00. The summed E-state index contributed by atoms with van der Waals surface area (Å²) in [6.07, 6.45) is 6.24. The molecule has 3 heteroatoms. The van der Waals surface area contributed by atoms with Crippen molar-refractivity contribution in [3.05, 3.63) is 0 Å². The van der Waals surface area contributed by atoms with E-state index < -0.39 is 0 Å². The van der Waals surface area contributed by atoms with Gasteiger partial charge in [-0.3, -0.25) is 0 Å². The number of rotatable bonds is 7. The maximum absolute atomic E-state index is 3.66. The van der Waals surface area contributed by atoms with Gasteiger partial charge in [0.15, 0.2) is 0 Å². The number of thioether (sulfide) groups is 1. The van der Waals surface area contributed by atoms with Gasteiger partial charge in [0.05, 0.1) is 0 Å². The predicted octanol–water partition coefficient (Wildman–Crippen LogP) is 2.45. The van der Waals surface area contributed by atoms with Gasteiger partial charge in [-0.05, 0) is 58.0 Å². The molecule has 1 atom stereocenters. The highest BCUT2D eigenvalue weighted by Crippen LogP contribution is 2.20. The summed E-state index contributed by atoms with van der Waals surface area (Å²) in [5.41, 5.74) is 0. The Morgan fingerprint density at radius 1 is 1.38 bits per heavy atom. The summed E-state index contributed by atoms with van der Waals surface area (Å²) < 4.78 is 0. The molecular weight excluding hydrogens is 216 g/mol. The first-order valence-corrected chi connectivity index (χ1v) is 8.12. The molecule has 1 rings (SSSR count). The first-order chi connectivity index (χ1) is 7.77. The molecule has 1 aliphatic rings. The fourth-order valence-corrected chi connectivity index (χ4v) is 2.87. The number of nitrogens with one attached hydrogen (secondary N) is 1. The molecule has 0 aromatic carbocycles. The minimum absolute atomic E-state index is 0.705. The lowest BCUT2D eigenvalue weighted by Gasteiger charge is -2.35. The quantitative estimate of drug-likeness (QED) is 0.693. The van der Waals surface area contributed by atoms with Crippen molar-refractivity contribution in [2.45, 2.75) is 39.2 Å². The molecule has 0 aromatic rings. The number of likely N-dealkylation sites (tertiary alicyclic amines) is 1. The second-order valence-corrected chi connectivity index (χ2v) is 5.90. The Kier molecular flexibility index (Phi) is 7.50. The summed E-state index contributed by atoms with van der Waals surface area (Å²) in [4.78, 5) is 2.62. The van der Waals surface area contributed by atoms with Crippen LogP contribution < -0.4 is 5.32 Å². The lowest BCUT2D eigenvalue weighted by molar-refractivity contribution is 0.163. The fourth-order valence-electron chi connectivity index (χ4n) is 2.55. The molecule has 0 radical (unpaired) electrons. The predicted molar refractivity (Wildman–Crippen MR) is 75.3 cm³/mol. The van der Waals surface area contributed by atoms with E-state index >= 15 is 0 Å². The molecule has 1 heterocycles. The highest BCUT2D eigenvalue weighted by atomic mass is 32.2. The minimum atomic E-state index is 0.705. The van der Waals surface area contributed by atoms with E-state index in [2.05, 4.69) is 30.3 Å². The third-order valence-corrected chi connectivity index (χ3v) is 4.26. The van der Waals surface area contributed by atoms with E-state index in [-0.39, 0.29) is 0 Å². The first-order valence-electron chi connectivity index (χ1n) is 6.72. The average Bonchev–Trinajstić information content (AvgIpc) is 2.30. The third-order valence-electron chi connectivity index (χ3n) is 3.65. The molecule has 0 bridgehead atoms. The van der Waals surface area contributed by atoms with E-state index in [9.17, 15) is 0 Å². The van der Waals surface area contributed by atoms with Crippen LogP contribution in [0.25, 0.3) is 0 Å². The maximum Gasteiger partial charge on any atom is 0.00682 e. The molecule has 1 N–H and O–H groups in total. The molecule has 16 heavy (non-hydrogen) atoms. The van der Waals surface area contributed by atoms with E-state index in [1.807, 2.05) is 11.8 Å². The van der Waals surface area contributed by atoms with Crippen LogP contribution in [-0.2, 0) is 0 Å². The molecule has 1 aliphatic heterocycles. The standard InChI is InChI=1S/C13H28N2S/c1-4-8-15-9-5-13(6-10-15)12(2)14-7-11-16-3/h12-14H,4-11H2,1-3H3. The van der Waals surface area contributed by atoms with Gasteiger partial charge in [0.1, 0.15) is 0 Å². The zero-order valence-corrected chi connectivity index (χ0v) is 12.0. The zero-order chi connectivity index (χ0) is 11.8. The summed E-state index contributed by atoms with van der Waals surface area (Å²) in [6, 6.07) is 0.705. The van der Waals surface area contributed by atoms with Crippen LogP contribution in [0.2, 0.25) is 0 Å². The van der Waals surface area contributed by atoms with Crippen molar-refractivity contribution >= 4 is 11.8 Å². The third kappa shape index (κ3) is 5.07. The average molecular weight is 244 g/mol. The summed E-state index contributed by atoms with van der Waals surface area (Å²) in [5, 5.41) is 3.66. The largest absolute Gasteiger partial charge is 0.313 e. The van der Waals surface area contributed by atoms with E-state index in [0.29, 0.717) is 6.04 Å². The maximum atomic E-state index is 3.66. The van der Waals surface area contributed by atoms with Crippen LogP contribution in [-0.4, -0.2) is 49.1 Å². The number of hydrogen-bond donors (Lipinski definition) is 1. The lowest BCUT2D eigenvalue weighted by atomic mass is 9.90. The molecule has 1 unspecified atom stereocenters. The van der Waals surface area contributed by atoms with Gasteiger partial charge in [0, 0.05) is 18.3 Å². The van der Waals surface area contributed by atoms with Crippen molar-refractivity contribution in [2.75, 3.05) is 38.2 Å². The molecule has 0 saturated carbocycles. The monoisotopic (exact) mass is 244 g/mol. The number of piperidine rings is 1. The number of hydrogen-bond acceptors (Lipinski definition) is 3. The normalized spacial score (nSPS) is 21.2. The van der Waals surface area contributed by atoms with Crippen LogP contribution in [0.3, 0.4) is 0 Å². The Bertz CT molecular complexity index is 167. The molecule has 0 amide bonds. The topological polar surface area (TPSA) is 15.3 Å². The summed E-state index contributed by atoms with van der Waals surface area (Å²) in [6.45, 7) is 9.72. The summed E-state index contributed by atoms with van der Waals surface area (Å²) in [7, 11) is 0. The van der Waals surface area contributed by atoms with Crippen LogP contribution in [0.1, 0.15) is 33.1 Å². The Hall–Kier alpha value is 0.270. The Balaban J connectivity index is 2.14. The second kappa shape index (κ2) is 8.37. The second-order valence-electron chi connectivity index (χ2n) is 4.91. The van der Waals surface area contributed by atoms with E-state index in [1.54, 1.807) is 0 Å².